The Labute approximate surface area is 149 Å². The fourth-order valence-corrected chi connectivity index (χ4v) is 4.23. The Morgan fingerprint density at radius 2 is 1.68 bits per heavy atom. The molecular formula is C18H25NO5S. The van der Waals surface area contributed by atoms with Gasteiger partial charge in [0.25, 0.3) is 0 Å². The summed E-state index contributed by atoms with van der Waals surface area (Å²) >= 11 is 0. The second-order valence-corrected chi connectivity index (χ2v) is 9.12. The number of esters is 1. The summed E-state index contributed by atoms with van der Waals surface area (Å²) in [4.78, 5) is 24.2. The summed E-state index contributed by atoms with van der Waals surface area (Å²) in [6.45, 7) is 5.73. The first kappa shape index (κ1) is 19.6. The van der Waals surface area contributed by atoms with Crippen molar-refractivity contribution in [2.75, 3.05) is 19.7 Å². The van der Waals surface area contributed by atoms with Crippen molar-refractivity contribution in [2.24, 2.45) is 5.41 Å². The van der Waals surface area contributed by atoms with E-state index in [1.54, 1.807) is 32.9 Å². The van der Waals surface area contributed by atoms with E-state index >= 15 is 0 Å². The van der Waals surface area contributed by atoms with Gasteiger partial charge in [0.2, 0.25) is 10.0 Å². The maximum absolute atomic E-state index is 12.9. The second kappa shape index (κ2) is 7.66. The van der Waals surface area contributed by atoms with Gasteiger partial charge in [0.15, 0.2) is 12.4 Å². The van der Waals surface area contributed by atoms with Gasteiger partial charge in [-0.15, -0.1) is 0 Å². The Morgan fingerprint density at radius 3 is 2.28 bits per heavy atom. The molecule has 0 unspecified atom stereocenters. The number of ketones is 1. The Hall–Kier alpha value is -1.73. The zero-order chi connectivity index (χ0) is 18.7. The molecule has 0 aromatic heterocycles. The zero-order valence-electron chi connectivity index (χ0n) is 14.9. The molecule has 1 heterocycles. The third kappa shape index (κ3) is 4.67. The molecule has 1 aromatic carbocycles. The molecule has 0 bridgehead atoms. The highest BCUT2D eigenvalue weighted by Gasteiger charge is 2.31. The van der Waals surface area contributed by atoms with Crippen LogP contribution in [0.2, 0.25) is 0 Å². The summed E-state index contributed by atoms with van der Waals surface area (Å²) in [6.07, 6.45) is 2.63. The third-order valence-electron chi connectivity index (χ3n) is 4.21. The van der Waals surface area contributed by atoms with Gasteiger partial charge in [0, 0.05) is 18.5 Å². The lowest BCUT2D eigenvalue weighted by atomic mass is 9.91. The second-order valence-electron chi connectivity index (χ2n) is 7.21. The minimum Gasteiger partial charge on any atom is -0.454 e. The van der Waals surface area contributed by atoms with Gasteiger partial charge in [-0.2, -0.15) is 4.31 Å². The van der Waals surface area contributed by atoms with E-state index in [1.165, 1.54) is 16.4 Å². The van der Waals surface area contributed by atoms with Crippen LogP contribution in [0.4, 0.5) is 0 Å². The maximum atomic E-state index is 12.9. The molecule has 1 fully saturated rings. The molecule has 7 heteroatoms. The van der Waals surface area contributed by atoms with E-state index in [2.05, 4.69) is 0 Å². The number of hydrogen-bond acceptors (Lipinski definition) is 5. The number of carbonyl (C=O) groups is 2. The van der Waals surface area contributed by atoms with Crippen molar-refractivity contribution in [1.82, 2.24) is 4.31 Å². The number of carbonyl (C=O) groups excluding carboxylic acids is 2. The fraction of sp³-hybridized carbons (Fsp3) is 0.556. The molecule has 2 rings (SSSR count). The van der Waals surface area contributed by atoms with Crippen LogP contribution in [-0.2, 0) is 19.6 Å². The minimum atomic E-state index is -3.76. The van der Waals surface area contributed by atoms with E-state index in [4.69, 9.17) is 4.74 Å². The molecule has 6 nitrogen and oxygen atoms in total. The van der Waals surface area contributed by atoms with E-state index in [0.717, 1.165) is 19.3 Å². The number of Topliss-reactive ketones (excluding diaryl/α,β-unsaturated/α-hetero) is 1. The van der Waals surface area contributed by atoms with Crippen LogP contribution in [0.15, 0.2) is 29.2 Å². The molecule has 0 atom stereocenters. The van der Waals surface area contributed by atoms with E-state index in [-0.39, 0.29) is 22.8 Å². The van der Waals surface area contributed by atoms with Crippen LogP contribution < -0.4 is 0 Å². The Bertz CT molecular complexity index is 743. The Morgan fingerprint density at radius 1 is 1.08 bits per heavy atom. The van der Waals surface area contributed by atoms with Gasteiger partial charge < -0.3 is 4.74 Å². The average Bonchev–Trinajstić information content (AvgIpc) is 2.59. The lowest BCUT2D eigenvalue weighted by molar-refractivity contribution is -0.129. The highest BCUT2D eigenvalue weighted by molar-refractivity contribution is 7.89. The van der Waals surface area contributed by atoms with Crippen LogP contribution in [0, 0.1) is 5.41 Å². The van der Waals surface area contributed by atoms with Gasteiger partial charge in [-0.3, -0.25) is 4.79 Å². The predicted octanol–water partition coefficient (Wildman–Crippen LogP) is 2.63. The molecule has 0 N–H and O–H groups in total. The Kier molecular flexibility index (Phi) is 6.00. The van der Waals surface area contributed by atoms with Crippen molar-refractivity contribution in [2.45, 2.75) is 44.9 Å². The highest BCUT2D eigenvalue weighted by Crippen LogP contribution is 2.24. The first-order valence-corrected chi connectivity index (χ1v) is 9.87. The number of ether oxygens (including phenoxy) is 1. The van der Waals surface area contributed by atoms with Crippen molar-refractivity contribution < 1.29 is 22.7 Å². The summed E-state index contributed by atoms with van der Waals surface area (Å²) in [6, 6.07) is 5.98. The van der Waals surface area contributed by atoms with Gasteiger partial charge in [0.1, 0.15) is 0 Å². The van der Waals surface area contributed by atoms with Crippen LogP contribution >= 0.6 is 0 Å². The van der Waals surface area contributed by atoms with Crippen molar-refractivity contribution in [3.8, 4) is 0 Å². The molecule has 0 aliphatic carbocycles. The van der Waals surface area contributed by atoms with E-state index < -0.39 is 21.4 Å². The van der Waals surface area contributed by atoms with Gasteiger partial charge in [-0.1, -0.05) is 39.3 Å². The molecule has 25 heavy (non-hydrogen) atoms. The van der Waals surface area contributed by atoms with Crippen molar-refractivity contribution in [1.29, 1.82) is 0 Å². The van der Waals surface area contributed by atoms with Gasteiger partial charge in [-0.05, 0) is 25.0 Å². The van der Waals surface area contributed by atoms with Gasteiger partial charge in [-0.25, -0.2) is 13.2 Å². The first-order chi connectivity index (χ1) is 11.6. The lowest BCUT2D eigenvalue weighted by Gasteiger charge is -2.26. The number of benzene rings is 1. The quantitative estimate of drug-likeness (QED) is 0.747. The molecule has 1 aromatic rings. The molecule has 1 saturated heterocycles. The van der Waals surface area contributed by atoms with Crippen LogP contribution in [0.25, 0.3) is 0 Å². The summed E-state index contributed by atoms with van der Waals surface area (Å²) in [5, 5.41) is 0. The monoisotopic (exact) mass is 367 g/mol. The van der Waals surface area contributed by atoms with Crippen LogP contribution in [0.3, 0.4) is 0 Å². The summed E-state index contributed by atoms with van der Waals surface area (Å²) in [5.41, 5.74) is -0.658. The van der Waals surface area contributed by atoms with Crippen molar-refractivity contribution in [3.05, 3.63) is 29.8 Å². The third-order valence-corrected chi connectivity index (χ3v) is 6.17. The standard InChI is InChI=1S/C18H25NO5S/c1-18(2,3)16(20)13-24-17(21)14-9-5-6-10-15(14)25(22,23)19-11-7-4-8-12-19/h5-6,9-10H,4,7-8,11-13H2,1-3H3. The van der Waals surface area contributed by atoms with E-state index in [1.807, 2.05) is 0 Å². The van der Waals surface area contributed by atoms with Crippen molar-refractivity contribution in [3.63, 3.8) is 0 Å². The van der Waals surface area contributed by atoms with Crippen LogP contribution in [0.1, 0.15) is 50.4 Å². The molecule has 1 aliphatic heterocycles. The molecule has 0 spiro atoms. The molecule has 0 saturated carbocycles. The molecular weight excluding hydrogens is 342 g/mol. The molecule has 0 radical (unpaired) electrons. The lowest BCUT2D eigenvalue weighted by Crippen LogP contribution is -2.36. The summed E-state index contributed by atoms with van der Waals surface area (Å²) in [5.74, 6) is -1.02. The fourth-order valence-electron chi connectivity index (χ4n) is 2.53. The summed E-state index contributed by atoms with van der Waals surface area (Å²) < 4.78 is 32.2. The highest BCUT2D eigenvalue weighted by atomic mass is 32.2. The van der Waals surface area contributed by atoms with Crippen LogP contribution in [0.5, 0.6) is 0 Å². The number of hydrogen-bond donors (Lipinski definition) is 0. The minimum absolute atomic E-state index is 0.0326. The predicted molar refractivity (Wildman–Crippen MR) is 93.8 cm³/mol. The smallest absolute Gasteiger partial charge is 0.339 e. The van der Waals surface area contributed by atoms with E-state index in [0.29, 0.717) is 13.1 Å². The molecule has 1 aliphatic rings. The SMILES string of the molecule is CC(C)(C)C(=O)COC(=O)c1ccccc1S(=O)(=O)N1CCCCC1. The first-order valence-electron chi connectivity index (χ1n) is 8.43. The van der Waals surface area contributed by atoms with Crippen LogP contribution in [-0.4, -0.2) is 44.2 Å². The van der Waals surface area contributed by atoms with E-state index in [9.17, 15) is 18.0 Å². The van der Waals surface area contributed by atoms with Crippen molar-refractivity contribution >= 4 is 21.8 Å². The largest absolute Gasteiger partial charge is 0.454 e. The van der Waals surface area contributed by atoms with Gasteiger partial charge >= 0.3 is 5.97 Å². The number of sulfonamides is 1. The normalized spacial score (nSPS) is 16.4. The Balaban J connectivity index is 2.22. The zero-order valence-corrected chi connectivity index (χ0v) is 15.8. The number of piperidine rings is 1. The number of nitrogens with zero attached hydrogens (tertiary/aromatic N) is 1. The maximum Gasteiger partial charge on any atom is 0.339 e. The molecule has 138 valence electrons. The number of rotatable bonds is 5. The average molecular weight is 367 g/mol. The summed E-state index contributed by atoms with van der Waals surface area (Å²) in [7, 11) is -3.76. The molecule has 0 amide bonds. The van der Waals surface area contributed by atoms with Gasteiger partial charge in [0.05, 0.1) is 10.5 Å². The topological polar surface area (TPSA) is 80.8 Å².